The number of nitrogens with two attached hydrogens (primary N) is 1. The molecule has 0 aromatic carbocycles. The maximum Gasteiger partial charge on any atom is 0.339 e. The molecule has 0 aliphatic carbocycles. The van der Waals surface area contributed by atoms with Crippen molar-refractivity contribution in [2.75, 3.05) is 0 Å². The molecule has 7 heteroatoms. The van der Waals surface area contributed by atoms with Crippen LogP contribution in [-0.2, 0) is 6.42 Å². The van der Waals surface area contributed by atoms with Crippen LogP contribution in [-0.4, -0.2) is 27.3 Å². The Kier molecular flexibility index (Phi) is 4.74. The fraction of sp³-hybridized carbons (Fsp3) is 0.231. The van der Waals surface area contributed by atoms with E-state index in [2.05, 4.69) is 16.8 Å². The van der Waals surface area contributed by atoms with Crippen LogP contribution in [0.5, 0.6) is 0 Å². The van der Waals surface area contributed by atoms with Crippen molar-refractivity contribution in [2.24, 2.45) is 5.73 Å². The standard InChI is InChI=1S/C13H13N3O2S2/c1-9(16(18)13(14)17)2-3-11-4-5-12(20-11)6-10-7-19-8-15-10/h4-5,7-9,18H,6H2,1H3,(H2,14,17)/t9-/m1/s1. The lowest BCUT2D eigenvalue weighted by molar-refractivity contribution is -0.0536. The van der Waals surface area contributed by atoms with Gasteiger partial charge in [-0.1, -0.05) is 11.8 Å². The molecule has 0 spiro atoms. The van der Waals surface area contributed by atoms with Crippen LogP contribution >= 0.6 is 22.7 Å². The van der Waals surface area contributed by atoms with E-state index < -0.39 is 12.1 Å². The van der Waals surface area contributed by atoms with Crippen molar-refractivity contribution in [3.8, 4) is 11.8 Å². The number of carbonyl (C=O) groups excluding carboxylic acids is 1. The predicted molar refractivity (Wildman–Crippen MR) is 78.8 cm³/mol. The van der Waals surface area contributed by atoms with Gasteiger partial charge in [-0.3, -0.25) is 5.21 Å². The Bertz CT molecular complexity index is 640. The van der Waals surface area contributed by atoms with Gasteiger partial charge in [-0.2, -0.15) is 5.06 Å². The fourth-order valence-corrected chi connectivity index (χ4v) is 2.91. The topological polar surface area (TPSA) is 79.4 Å². The minimum atomic E-state index is -0.915. The highest BCUT2D eigenvalue weighted by atomic mass is 32.1. The summed E-state index contributed by atoms with van der Waals surface area (Å²) < 4.78 is 0. The summed E-state index contributed by atoms with van der Waals surface area (Å²) in [5.74, 6) is 5.70. The van der Waals surface area contributed by atoms with Crippen LogP contribution in [0.4, 0.5) is 4.79 Å². The third kappa shape index (κ3) is 3.81. The number of hydrogen-bond donors (Lipinski definition) is 2. The number of thiazole rings is 1. The summed E-state index contributed by atoms with van der Waals surface area (Å²) in [5.41, 5.74) is 7.80. The molecule has 2 heterocycles. The molecule has 0 aliphatic rings. The average molecular weight is 307 g/mol. The van der Waals surface area contributed by atoms with Crippen molar-refractivity contribution in [1.29, 1.82) is 0 Å². The predicted octanol–water partition coefficient (Wildman–Crippen LogP) is 2.31. The van der Waals surface area contributed by atoms with Gasteiger partial charge in [0.2, 0.25) is 0 Å². The first-order valence-electron chi connectivity index (χ1n) is 5.81. The first kappa shape index (κ1) is 14.5. The largest absolute Gasteiger partial charge is 0.350 e. The third-order valence-electron chi connectivity index (χ3n) is 2.50. The van der Waals surface area contributed by atoms with Gasteiger partial charge in [-0.25, -0.2) is 9.78 Å². The van der Waals surface area contributed by atoms with Crippen LogP contribution in [0.25, 0.3) is 0 Å². The van der Waals surface area contributed by atoms with E-state index in [4.69, 9.17) is 5.73 Å². The van der Waals surface area contributed by atoms with Crippen LogP contribution in [0.1, 0.15) is 22.4 Å². The van der Waals surface area contributed by atoms with Gasteiger partial charge in [-0.05, 0) is 19.1 Å². The number of thiophene rings is 1. The van der Waals surface area contributed by atoms with Crippen molar-refractivity contribution in [3.05, 3.63) is 38.5 Å². The van der Waals surface area contributed by atoms with Gasteiger partial charge in [0.05, 0.1) is 16.1 Å². The maximum atomic E-state index is 10.8. The molecule has 20 heavy (non-hydrogen) atoms. The molecule has 0 saturated heterocycles. The number of rotatable bonds is 3. The monoisotopic (exact) mass is 307 g/mol. The van der Waals surface area contributed by atoms with E-state index in [-0.39, 0.29) is 0 Å². The van der Waals surface area contributed by atoms with Crippen LogP contribution in [0.2, 0.25) is 0 Å². The highest BCUT2D eigenvalue weighted by Crippen LogP contribution is 2.19. The van der Waals surface area contributed by atoms with Crippen molar-refractivity contribution < 1.29 is 10.0 Å². The van der Waals surface area contributed by atoms with Gasteiger partial charge in [0.25, 0.3) is 0 Å². The Hall–Kier alpha value is -1.88. The highest BCUT2D eigenvalue weighted by molar-refractivity contribution is 7.12. The van der Waals surface area contributed by atoms with E-state index in [1.54, 1.807) is 29.6 Å². The van der Waals surface area contributed by atoms with E-state index in [9.17, 15) is 10.0 Å². The first-order chi connectivity index (χ1) is 9.56. The zero-order valence-electron chi connectivity index (χ0n) is 10.7. The molecular weight excluding hydrogens is 294 g/mol. The summed E-state index contributed by atoms with van der Waals surface area (Å²) in [6, 6.07) is 2.36. The summed E-state index contributed by atoms with van der Waals surface area (Å²) >= 11 is 3.14. The number of aromatic nitrogens is 1. The minimum absolute atomic E-state index is 0.413. The molecule has 1 atom stereocenters. The zero-order chi connectivity index (χ0) is 14.5. The first-order valence-corrected chi connectivity index (χ1v) is 7.57. The Morgan fingerprint density at radius 1 is 1.60 bits per heavy atom. The lowest BCUT2D eigenvalue weighted by Gasteiger charge is -2.14. The molecule has 2 amide bonds. The fourth-order valence-electron chi connectivity index (χ4n) is 1.47. The second kappa shape index (κ2) is 6.52. The zero-order valence-corrected chi connectivity index (χ0v) is 12.4. The van der Waals surface area contributed by atoms with Gasteiger partial charge in [0.15, 0.2) is 0 Å². The van der Waals surface area contributed by atoms with E-state index in [0.29, 0.717) is 5.06 Å². The molecular formula is C13H13N3O2S2. The number of amides is 2. The lowest BCUT2D eigenvalue weighted by atomic mass is 10.3. The van der Waals surface area contributed by atoms with Gasteiger partial charge in [-0.15, -0.1) is 22.7 Å². The molecule has 0 fully saturated rings. The van der Waals surface area contributed by atoms with E-state index in [0.717, 1.165) is 17.0 Å². The molecule has 0 bridgehead atoms. The van der Waals surface area contributed by atoms with Gasteiger partial charge >= 0.3 is 6.03 Å². The van der Waals surface area contributed by atoms with Crippen molar-refractivity contribution in [2.45, 2.75) is 19.4 Å². The van der Waals surface area contributed by atoms with E-state index >= 15 is 0 Å². The van der Waals surface area contributed by atoms with Crippen molar-refractivity contribution >= 4 is 28.7 Å². The SMILES string of the molecule is C[C@H](C#Cc1ccc(Cc2cscn2)s1)N(O)C(N)=O. The summed E-state index contributed by atoms with van der Waals surface area (Å²) in [5, 5.41) is 11.7. The molecule has 0 aliphatic heterocycles. The number of primary amides is 1. The average Bonchev–Trinajstić information content (AvgIpc) is 3.07. The summed E-state index contributed by atoms with van der Waals surface area (Å²) in [7, 11) is 0. The van der Waals surface area contributed by atoms with Crippen LogP contribution < -0.4 is 5.73 Å². The number of urea groups is 1. The Balaban J connectivity index is 2.01. The van der Waals surface area contributed by atoms with Crippen LogP contribution in [0, 0.1) is 11.8 Å². The maximum absolute atomic E-state index is 10.8. The number of carbonyl (C=O) groups is 1. The number of nitrogens with zero attached hydrogens (tertiary/aromatic N) is 2. The normalized spacial score (nSPS) is 11.5. The Labute approximate surface area is 124 Å². The van der Waals surface area contributed by atoms with Crippen molar-refractivity contribution in [3.63, 3.8) is 0 Å². The molecule has 104 valence electrons. The Morgan fingerprint density at radius 3 is 3.05 bits per heavy atom. The second-order valence-electron chi connectivity index (χ2n) is 4.05. The van der Waals surface area contributed by atoms with Crippen LogP contribution in [0.3, 0.4) is 0 Å². The minimum Gasteiger partial charge on any atom is -0.350 e. The molecule has 2 aromatic rings. The molecule has 2 aromatic heterocycles. The van der Waals surface area contributed by atoms with Crippen LogP contribution in [0.15, 0.2) is 23.0 Å². The molecule has 0 radical (unpaired) electrons. The van der Waals surface area contributed by atoms with Gasteiger partial charge < -0.3 is 5.73 Å². The number of hydrogen-bond acceptors (Lipinski definition) is 5. The number of hydroxylamine groups is 2. The third-order valence-corrected chi connectivity index (χ3v) is 4.13. The molecule has 3 N–H and O–H groups in total. The molecule has 0 saturated carbocycles. The van der Waals surface area contributed by atoms with E-state index in [1.165, 1.54) is 4.88 Å². The lowest BCUT2D eigenvalue weighted by Crippen LogP contribution is -2.38. The molecule has 2 rings (SSSR count). The highest BCUT2D eigenvalue weighted by Gasteiger charge is 2.11. The van der Waals surface area contributed by atoms with Crippen molar-refractivity contribution in [1.82, 2.24) is 10.0 Å². The summed E-state index contributed by atoms with van der Waals surface area (Å²) in [4.78, 5) is 17.0. The molecule has 5 nitrogen and oxygen atoms in total. The summed E-state index contributed by atoms with van der Waals surface area (Å²) in [6.07, 6.45) is 0.790. The summed E-state index contributed by atoms with van der Waals surface area (Å²) in [6.45, 7) is 1.60. The Morgan fingerprint density at radius 2 is 2.40 bits per heavy atom. The van der Waals surface area contributed by atoms with Gasteiger partial charge in [0.1, 0.15) is 6.04 Å². The van der Waals surface area contributed by atoms with E-state index in [1.807, 2.05) is 23.0 Å². The smallest absolute Gasteiger partial charge is 0.339 e. The molecule has 0 unspecified atom stereocenters. The second-order valence-corrected chi connectivity index (χ2v) is 5.94. The van der Waals surface area contributed by atoms with Gasteiger partial charge in [0, 0.05) is 16.7 Å². The quantitative estimate of drug-likeness (QED) is 0.519.